The molecule has 1 heterocycles. The summed E-state index contributed by atoms with van der Waals surface area (Å²) >= 11 is 0. The van der Waals surface area contributed by atoms with Crippen molar-refractivity contribution >= 4 is 28.9 Å². The van der Waals surface area contributed by atoms with Crippen molar-refractivity contribution in [2.75, 3.05) is 18.6 Å². The van der Waals surface area contributed by atoms with Crippen LogP contribution >= 0.6 is 0 Å². The first-order valence-corrected chi connectivity index (χ1v) is 12.8. The van der Waals surface area contributed by atoms with Crippen molar-refractivity contribution in [3.05, 3.63) is 59.2 Å². The lowest BCUT2D eigenvalue weighted by Gasteiger charge is -2.24. The summed E-state index contributed by atoms with van der Waals surface area (Å²) in [6.07, 6.45) is 2.64. The molecule has 2 aromatic rings. The van der Waals surface area contributed by atoms with E-state index in [9.17, 15) is 4.79 Å². The molecule has 3 rings (SSSR count). The lowest BCUT2D eigenvalue weighted by molar-refractivity contribution is -0.119. The number of ketones is 1. The molecule has 2 aromatic carbocycles. The molecular weight excluding hydrogens is 448 g/mol. The van der Waals surface area contributed by atoms with E-state index in [4.69, 9.17) is 15.6 Å². The third-order valence-electron chi connectivity index (χ3n) is 5.33. The summed E-state index contributed by atoms with van der Waals surface area (Å²) in [5.41, 5.74) is 4.64. The quantitative estimate of drug-likeness (QED) is 0.337. The van der Waals surface area contributed by atoms with Crippen LogP contribution in [0.3, 0.4) is 0 Å². The highest BCUT2D eigenvalue weighted by Gasteiger charge is 2.25. The molecule has 198 valence electrons. The van der Waals surface area contributed by atoms with Gasteiger partial charge in [0, 0.05) is 17.0 Å². The van der Waals surface area contributed by atoms with Crippen molar-refractivity contribution in [3.8, 4) is 5.75 Å². The number of rotatable bonds is 4. The van der Waals surface area contributed by atoms with E-state index in [1.807, 2.05) is 77.1 Å². The Bertz CT molecular complexity index is 1010. The molecule has 0 radical (unpaired) electrons. The van der Waals surface area contributed by atoms with Crippen molar-refractivity contribution in [3.63, 3.8) is 0 Å². The first-order valence-electron chi connectivity index (χ1n) is 12.8. The second kappa shape index (κ2) is 17.2. The van der Waals surface area contributed by atoms with Gasteiger partial charge in [0.15, 0.2) is 0 Å². The number of unbranched alkanes of at least 4 members (excludes halogenated alkanes) is 1. The maximum Gasteiger partial charge on any atom is 0.132 e. The van der Waals surface area contributed by atoms with Gasteiger partial charge in [-0.2, -0.15) is 0 Å². The van der Waals surface area contributed by atoms with Gasteiger partial charge in [-0.15, -0.1) is 0 Å². The molecule has 0 spiro atoms. The fraction of sp³-hybridized carbons (Fsp3) is 0.467. The third-order valence-corrected chi connectivity index (χ3v) is 5.33. The minimum absolute atomic E-state index is 0.213. The zero-order chi connectivity index (χ0) is 27.8. The molecule has 0 bridgehead atoms. The molecule has 0 amide bonds. The van der Waals surface area contributed by atoms with E-state index < -0.39 is 0 Å². The molecular formula is C30H46N4O2. The van der Waals surface area contributed by atoms with Gasteiger partial charge in [-0.05, 0) is 39.0 Å². The summed E-state index contributed by atoms with van der Waals surface area (Å²) in [7, 11) is 1.63. The highest BCUT2D eigenvalue weighted by atomic mass is 16.5. The largest absolute Gasteiger partial charge is 0.497 e. The van der Waals surface area contributed by atoms with Gasteiger partial charge in [-0.25, -0.2) is 0 Å². The van der Waals surface area contributed by atoms with Crippen LogP contribution in [0.1, 0.15) is 84.9 Å². The molecule has 36 heavy (non-hydrogen) atoms. The molecule has 6 heteroatoms. The van der Waals surface area contributed by atoms with Gasteiger partial charge in [-0.3, -0.25) is 25.5 Å². The number of hydrogen-bond acceptors (Lipinski definition) is 5. The Morgan fingerprint density at radius 1 is 1.06 bits per heavy atom. The molecule has 0 saturated heterocycles. The number of nitrogens with one attached hydrogen (secondary N) is 2. The number of Topliss-reactive ketones (excluding diaryl/α,β-unsaturated/α-hetero) is 1. The van der Waals surface area contributed by atoms with Crippen molar-refractivity contribution in [2.24, 2.45) is 10.9 Å². The van der Waals surface area contributed by atoms with Crippen LogP contribution < -0.4 is 9.64 Å². The van der Waals surface area contributed by atoms with Crippen LogP contribution in [0.4, 0.5) is 5.69 Å². The molecule has 0 aliphatic carbocycles. The maximum absolute atomic E-state index is 10.1. The van der Waals surface area contributed by atoms with Crippen molar-refractivity contribution in [1.29, 1.82) is 10.8 Å². The minimum atomic E-state index is 0.213. The number of benzene rings is 2. The van der Waals surface area contributed by atoms with Gasteiger partial charge in [0.1, 0.15) is 23.2 Å². The number of ether oxygens (including phenoxy) is 1. The third kappa shape index (κ3) is 10.1. The van der Waals surface area contributed by atoms with Crippen molar-refractivity contribution in [1.82, 2.24) is 0 Å². The predicted molar refractivity (Wildman–Crippen MR) is 156 cm³/mol. The van der Waals surface area contributed by atoms with Crippen LogP contribution in [0.2, 0.25) is 0 Å². The van der Waals surface area contributed by atoms with Gasteiger partial charge in [0.25, 0.3) is 0 Å². The first kappa shape index (κ1) is 32.7. The predicted octanol–water partition coefficient (Wildman–Crippen LogP) is 7.70. The van der Waals surface area contributed by atoms with Gasteiger partial charge >= 0.3 is 0 Å². The number of fused-ring (bicyclic) bond motifs is 1. The number of carbonyl (C=O) groups is 1. The Hall–Kier alpha value is -3.28. The molecule has 2 N–H and O–H groups in total. The second-order valence-corrected chi connectivity index (χ2v) is 8.55. The molecule has 6 nitrogen and oxygen atoms in total. The summed E-state index contributed by atoms with van der Waals surface area (Å²) in [6, 6.07) is 13.8. The summed E-state index contributed by atoms with van der Waals surface area (Å²) in [5, 5.41) is 16.3. The van der Waals surface area contributed by atoms with Crippen LogP contribution in [-0.4, -0.2) is 36.8 Å². The number of anilines is 1. The molecule has 0 unspecified atom stereocenters. The van der Waals surface area contributed by atoms with Gasteiger partial charge in [0.05, 0.1) is 25.1 Å². The Kier molecular flexibility index (Phi) is 15.6. The summed E-state index contributed by atoms with van der Waals surface area (Å²) < 4.78 is 5.37. The van der Waals surface area contributed by atoms with Crippen LogP contribution in [0, 0.1) is 23.7 Å². The fourth-order valence-electron chi connectivity index (χ4n) is 2.82. The number of hydrogen-bond donors (Lipinski definition) is 2. The zero-order valence-corrected chi connectivity index (χ0v) is 24.0. The smallest absolute Gasteiger partial charge is 0.132 e. The average molecular weight is 495 g/mol. The van der Waals surface area contributed by atoms with E-state index in [2.05, 4.69) is 18.8 Å². The Morgan fingerprint density at radius 3 is 2.00 bits per heavy atom. The fourth-order valence-corrected chi connectivity index (χ4v) is 2.82. The average Bonchev–Trinajstić information content (AvgIpc) is 3.01. The summed E-state index contributed by atoms with van der Waals surface area (Å²) in [4.78, 5) is 16.4. The minimum Gasteiger partial charge on any atom is -0.497 e. The highest BCUT2D eigenvalue weighted by Crippen LogP contribution is 2.30. The van der Waals surface area contributed by atoms with Crippen LogP contribution in [0.5, 0.6) is 5.75 Å². The van der Waals surface area contributed by atoms with E-state index in [0.717, 1.165) is 28.3 Å². The topological polar surface area (TPSA) is 89.6 Å². The Morgan fingerprint density at radius 2 is 1.58 bits per heavy atom. The maximum atomic E-state index is 10.1. The van der Waals surface area contributed by atoms with Crippen molar-refractivity contribution < 1.29 is 9.53 Å². The van der Waals surface area contributed by atoms with Gasteiger partial charge < -0.3 is 4.74 Å². The van der Waals surface area contributed by atoms with Crippen molar-refractivity contribution in [2.45, 2.75) is 75.2 Å². The van der Waals surface area contributed by atoms with Crippen LogP contribution in [0.15, 0.2) is 47.5 Å². The molecule has 0 fully saturated rings. The number of methoxy groups -OCH3 is 1. The summed E-state index contributed by atoms with van der Waals surface area (Å²) in [6.45, 7) is 17.7. The normalized spacial score (nSPS) is 11.8. The van der Waals surface area contributed by atoms with Crippen LogP contribution in [0.25, 0.3) is 0 Å². The van der Waals surface area contributed by atoms with Gasteiger partial charge in [0.2, 0.25) is 0 Å². The number of carbonyl (C=O) groups excluding carboxylic acids is 1. The number of aliphatic imine (C=N–C) groups is 1. The number of nitrogens with zero attached hydrogens (tertiary/aromatic N) is 2. The van der Waals surface area contributed by atoms with E-state index in [1.165, 1.54) is 18.4 Å². The van der Waals surface area contributed by atoms with E-state index in [1.54, 1.807) is 25.9 Å². The molecule has 1 aliphatic heterocycles. The monoisotopic (exact) mass is 494 g/mol. The number of aryl methyl sites for hydroxylation is 1. The lowest BCUT2D eigenvalue weighted by atomic mass is 9.99. The van der Waals surface area contributed by atoms with Gasteiger partial charge in [-0.1, -0.05) is 84.2 Å². The SMILES string of the molecule is CC.CC(=O)C(C)C.CCCC.COc1ccc2c(c1)C(c1ccc(C)cc1)=NCC(=N)N2C(C)=N. The van der Waals surface area contributed by atoms with E-state index >= 15 is 0 Å². The molecule has 0 atom stereocenters. The standard InChI is InChI=1S/C19H20N4O.C5H10O.C4H10.C2H6/c1-12-4-6-14(7-5-12)19-16-10-15(24-3)8-9-17(16)23(13(2)20)18(21)11-22-19;1-4(2)5(3)6;1-3-4-2;1-2/h4-10,20-21H,11H2,1-3H3;4H,1-3H3;3-4H2,1-2H3;1-2H3. The number of amidine groups is 2. The molecule has 1 aliphatic rings. The van der Waals surface area contributed by atoms with Crippen LogP contribution in [-0.2, 0) is 4.79 Å². The Balaban J connectivity index is 0.000000860. The zero-order valence-electron chi connectivity index (χ0n) is 24.0. The van der Waals surface area contributed by atoms with E-state index in [0.29, 0.717) is 5.84 Å². The summed E-state index contributed by atoms with van der Waals surface area (Å²) in [5.74, 6) is 1.78. The number of benzodiazepines with no additional fused rings is 1. The van der Waals surface area contributed by atoms with E-state index in [-0.39, 0.29) is 24.1 Å². The highest BCUT2D eigenvalue weighted by molar-refractivity contribution is 6.25. The lowest BCUT2D eigenvalue weighted by Crippen LogP contribution is -2.35. The Labute approximate surface area is 218 Å². The molecule has 0 saturated carbocycles. The second-order valence-electron chi connectivity index (χ2n) is 8.55. The first-order chi connectivity index (χ1) is 17.1. The molecule has 0 aromatic heterocycles.